The van der Waals surface area contributed by atoms with E-state index in [9.17, 15) is 14.7 Å². The van der Waals surface area contributed by atoms with Gasteiger partial charge in [-0.15, -0.1) is 0 Å². The minimum absolute atomic E-state index is 0.0757. The van der Waals surface area contributed by atoms with Crippen molar-refractivity contribution in [1.82, 2.24) is 5.32 Å². The number of aliphatic carboxylic acids is 1. The van der Waals surface area contributed by atoms with Crippen LogP contribution in [0.3, 0.4) is 0 Å². The average Bonchev–Trinajstić information content (AvgIpc) is 2.33. The Morgan fingerprint density at radius 3 is 2.58 bits per heavy atom. The Labute approximate surface area is 114 Å². The van der Waals surface area contributed by atoms with Crippen LogP contribution in [-0.4, -0.2) is 45.2 Å². The summed E-state index contributed by atoms with van der Waals surface area (Å²) in [6.07, 6.45) is 2.13. The highest BCUT2D eigenvalue weighted by Crippen LogP contribution is 2.22. The number of carbonyl (C=O) groups is 2. The van der Waals surface area contributed by atoms with Crippen LogP contribution in [0.15, 0.2) is 18.2 Å². The summed E-state index contributed by atoms with van der Waals surface area (Å²) in [6.45, 7) is 0. The van der Waals surface area contributed by atoms with Gasteiger partial charge in [-0.2, -0.15) is 11.8 Å². The molecule has 1 amide bonds. The van der Waals surface area contributed by atoms with E-state index in [0.29, 0.717) is 12.2 Å². The lowest BCUT2D eigenvalue weighted by Gasteiger charge is -2.14. The first-order chi connectivity index (χ1) is 8.95. The second-order valence-corrected chi connectivity index (χ2v) is 4.83. The van der Waals surface area contributed by atoms with E-state index >= 15 is 0 Å². The zero-order valence-corrected chi connectivity index (χ0v) is 11.1. The Bertz CT molecular complexity index is 477. The Hall–Kier alpha value is -1.89. The summed E-state index contributed by atoms with van der Waals surface area (Å²) in [5, 5.41) is 30.0. The van der Waals surface area contributed by atoms with Crippen LogP contribution < -0.4 is 5.32 Å². The van der Waals surface area contributed by atoms with Crippen molar-refractivity contribution >= 4 is 23.6 Å². The number of hydrogen-bond donors (Lipinski definition) is 4. The molecule has 0 unspecified atom stereocenters. The Kier molecular flexibility index (Phi) is 5.50. The van der Waals surface area contributed by atoms with Gasteiger partial charge in [0.25, 0.3) is 5.91 Å². The fraction of sp³-hybridized carbons (Fsp3) is 0.333. The number of phenols is 2. The molecule has 0 spiro atoms. The summed E-state index contributed by atoms with van der Waals surface area (Å²) in [6, 6.07) is 2.49. The molecule has 1 aromatic rings. The van der Waals surface area contributed by atoms with Crippen molar-refractivity contribution in [2.75, 3.05) is 12.0 Å². The smallest absolute Gasteiger partial charge is 0.326 e. The van der Waals surface area contributed by atoms with E-state index in [1.54, 1.807) is 0 Å². The third-order valence-corrected chi connectivity index (χ3v) is 3.08. The zero-order chi connectivity index (χ0) is 14.4. The van der Waals surface area contributed by atoms with E-state index < -0.39 is 23.7 Å². The van der Waals surface area contributed by atoms with Gasteiger partial charge in [0.2, 0.25) is 0 Å². The molecule has 0 radical (unpaired) electrons. The lowest BCUT2D eigenvalue weighted by Crippen LogP contribution is -2.41. The molecule has 1 aromatic carbocycles. The van der Waals surface area contributed by atoms with Gasteiger partial charge in [-0.1, -0.05) is 0 Å². The molecule has 0 fully saturated rings. The monoisotopic (exact) mass is 285 g/mol. The minimum atomic E-state index is -1.12. The van der Waals surface area contributed by atoms with Crippen molar-refractivity contribution in [1.29, 1.82) is 0 Å². The summed E-state index contributed by atoms with van der Waals surface area (Å²) < 4.78 is 0. The average molecular weight is 285 g/mol. The molecule has 0 aliphatic carbocycles. The topological polar surface area (TPSA) is 107 Å². The van der Waals surface area contributed by atoms with E-state index in [0.717, 1.165) is 6.07 Å². The SMILES string of the molecule is CSCC[C@@H](NC(=O)c1ccc(O)cc1O)C(=O)O. The van der Waals surface area contributed by atoms with E-state index in [1.807, 2.05) is 6.26 Å². The van der Waals surface area contributed by atoms with Crippen LogP contribution in [0.25, 0.3) is 0 Å². The van der Waals surface area contributed by atoms with Crippen molar-refractivity contribution < 1.29 is 24.9 Å². The van der Waals surface area contributed by atoms with Crippen molar-refractivity contribution in [3.05, 3.63) is 23.8 Å². The van der Waals surface area contributed by atoms with Crippen LogP contribution in [0.4, 0.5) is 0 Å². The van der Waals surface area contributed by atoms with E-state index in [2.05, 4.69) is 5.32 Å². The van der Waals surface area contributed by atoms with E-state index in [-0.39, 0.29) is 11.3 Å². The third kappa shape index (κ3) is 4.36. The number of amides is 1. The first kappa shape index (κ1) is 15.2. The van der Waals surface area contributed by atoms with E-state index in [1.165, 1.54) is 23.9 Å². The number of thioether (sulfide) groups is 1. The van der Waals surface area contributed by atoms with Gasteiger partial charge in [0, 0.05) is 6.07 Å². The van der Waals surface area contributed by atoms with Crippen molar-refractivity contribution in [3.63, 3.8) is 0 Å². The van der Waals surface area contributed by atoms with Gasteiger partial charge in [0.05, 0.1) is 5.56 Å². The molecule has 1 atom stereocenters. The maximum Gasteiger partial charge on any atom is 0.326 e. The molecule has 0 heterocycles. The third-order valence-electron chi connectivity index (χ3n) is 2.44. The molecule has 0 saturated carbocycles. The zero-order valence-electron chi connectivity index (χ0n) is 10.3. The molecule has 0 bridgehead atoms. The molecule has 7 heteroatoms. The summed E-state index contributed by atoms with van der Waals surface area (Å²) in [5.74, 6) is -1.79. The summed E-state index contributed by atoms with van der Waals surface area (Å²) in [7, 11) is 0. The highest BCUT2D eigenvalue weighted by Gasteiger charge is 2.21. The van der Waals surface area contributed by atoms with Gasteiger partial charge in [-0.05, 0) is 30.6 Å². The number of nitrogens with one attached hydrogen (secondary N) is 1. The van der Waals surface area contributed by atoms with Crippen LogP contribution in [0, 0.1) is 0 Å². The molecular formula is C12H15NO5S. The summed E-state index contributed by atoms with van der Waals surface area (Å²) in [4.78, 5) is 22.8. The number of carboxylic acids is 1. The Balaban J connectivity index is 2.78. The molecule has 0 aliphatic rings. The van der Waals surface area contributed by atoms with Gasteiger partial charge < -0.3 is 20.6 Å². The maximum atomic E-state index is 11.8. The molecule has 0 saturated heterocycles. The number of rotatable bonds is 6. The summed E-state index contributed by atoms with van der Waals surface area (Å²) >= 11 is 1.48. The van der Waals surface area contributed by atoms with Gasteiger partial charge in [0.15, 0.2) is 0 Å². The van der Waals surface area contributed by atoms with Crippen molar-refractivity contribution in [2.24, 2.45) is 0 Å². The molecule has 104 valence electrons. The maximum absolute atomic E-state index is 11.8. The Morgan fingerprint density at radius 1 is 1.37 bits per heavy atom. The predicted octanol–water partition coefficient (Wildman–Crippen LogP) is 1.03. The van der Waals surface area contributed by atoms with Gasteiger partial charge in [0.1, 0.15) is 17.5 Å². The number of phenolic OH excluding ortho intramolecular Hbond substituents is 2. The highest BCUT2D eigenvalue weighted by atomic mass is 32.2. The number of benzene rings is 1. The van der Waals surface area contributed by atoms with E-state index in [4.69, 9.17) is 10.2 Å². The number of carbonyl (C=O) groups excluding carboxylic acids is 1. The first-order valence-electron chi connectivity index (χ1n) is 5.50. The first-order valence-corrected chi connectivity index (χ1v) is 6.89. The molecule has 0 aliphatic heterocycles. The van der Waals surface area contributed by atoms with Crippen LogP contribution in [0.5, 0.6) is 11.5 Å². The summed E-state index contributed by atoms with van der Waals surface area (Å²) in [5.41, 5.74) is -0.0757. The molecule has 6 nitrogen and oxygen atoms in total. The number of aromatic hydroxyl groups is 2. The molecule has 19 heavy (non-hydrogen) atoms. The largest absolute Gasteiger partial charge is 0.508 e. The highest BCUT2D eigenvalue weighted by molar-refractivity contribution is 7.98. The lowest BCUT2D eigenvalue weighted by atomic mass is 10.1. The van der Waals surface area contributed by atoms with Crippen LogP contribution >= 0.6 is 11.8 Å². The number of carboxylic acid groups (broad SMARTS) is 1. The fourth-order valence-electron chi connectivity index (χ4n) is 1.44. The standard InChI is InChI=1S/C12H15NO5S/c1-19-5-4-9(12(17)18)13-11(16)8-3-2-7(14)6-10(8)15/h2-3,6,9,14-15H,4-5H2,1H3,(H,13,16)(H,17,18)/t9-/m1/s1. The van der Waals surface area contributed by atoms with Crippen molar-refractivity contribution in [3.8, 4) is 11.5 Å². The molecular weight excluding hydrogens is 270 g/mol. The van der Waals surface area contributed by atoms with Crippen molar-refractivity contribution in [2.45, 2.75) is 12.5 Å². The predicted molar refractivity (Wildman–Crippen MR) is 71.7 cm³/mol. The second-order valence-electron chi connectivity index (χ2n) is 3.85. The van der Waals surface area contributed by atoms with Gasteiger partial charge >= 0.3 is 5.97 Å². The molecule has 0 aromatic heterocycles. The van der Waals surface area contributed by atoms with Crippen LogP contribution in [0.2, 0.25) is 0 Å². The molecule has 4 N–H and O–H groups in total. The van der Waals surface area contributed by atoms with Crippen LogP contribution in [0.1, 0.15) is 16.8 Å². The second kappa shape index (κ2) is 6.89. The fourth-order valence-corrected chi connectivity index (χ4v) is 1.91. The quantitative estimate of drug-likeness (QED) is 0.622. The normalized spacial score (nSPS) is 11.8. The lowest BCUT2D eigenvalue weighted by molar-refractivity contribution is -0.139. The van der Waals surface area contributed by atoms with Crippen LogP contribution in [-0.2, 0) is 4.79 Å². The number of hydrogen-bond acceptors (Lipinski definition) is 5. The molecule has 1 rings (SSSR count). The van der Waals surface area contributed by atoms with Gasteiger partial charge in [-0.25, -0.2) is 4.79 Å². The van der Waals surface area contributed by atoms with Gasteiger partial charge in [-0.3, -0.25) is 4.79 Å². The Morgan fingerprint density at radius 2 is 2.05 bits per heavy atom. The minimum Gasteiger partial charge on any atom is -0.508 e.